The number of esters is 1. The highest BCUT2D eigenvalue weighted by Gasteiger charge is 2.49. The van der Waals surface area contributed by atoms with E-state index in [0.717, 1.165) is 19.2 Å². The van der Waals surface area contributed by atoms with Gasteiger partial charge in [-0.3, -0.25) is 0 Å². The molecule has 0 aromatic heterocycles. The molecule has 0 unspecified atom stereocenters. The Morgan fingerprint density at radius 1 is 1.36 bits per heavy atom. The van der Waals surface area contributed by atoms with Crippen LogP contribution >= 0.6 is 11.6 Å². The van der Waals surface area contributed by atoms with Crippen LogP contribution in [-0.4, -0.2) is 33.5 Å². The van der Waals surface area contributed by atoms with E-state index in [-0.39, 0.29) is 10.7 Å². The van der Waals surface area contributed by atoms with Gasteiger partial charge in [0.15, 0.2) is 5.75 Å². The number of benzene rings is 1. The molecule has 0 spiro atoms. The second kappa shape index (κ2) is 6.61. The third-order valence-electron chi connectivity index (χ3n) is 2.32. The van der Waals surface area contributed by atoms with Crippen molar-refractivity contribution in [2.45, 2.75) is 12.4 Å². The Kier molecular flexibility index (Phi) is 5.52. The van der Waals surface area contributed by atoms with Gasteiger partial charge in [0.1, 0.15) is 5.56 Å². The Bertz CT molecular complexity index is 675. The van der Waals surface area contributed by atoms with E-state index in [2.05, 4.69) is 14.2 Å². The average molecular weight is 362 g/mol. The molecule has 0 bridgehead atoms. The summed E-state index contributed by atoms with van der Waals surface area (Å²) in [6.07, 6.45) is 0. The number of alkyl halides is 3. The molecule has 0 amide bonds. The van der Waals surface area contributed by atoms with Crippen LogP contribution in [0.2, 0.25) is 5.02 Å². The van der Waals surface area contributed by atoms with Crippen LogP contribution in [0.25, 0.3) is 0 Å². The molecular formula is C11H11ClF3NO5S. The van der Waals surface area contributed by atoms with E-state index in [1.807, 2.05) is 0 Å². The van der Waals surface area contributed by atoms with Crippen molar-refractivity contribution in [2.24, 2.45) is 0 Å². The molecule has 0 saturated carbocycles. The molecule has 0 heterocycles. The molecule has 0 saturated heterocycles. The number of hydrogen-bond donors (Lipinski definition) is 1. The number of ether oxygens (including phenoxy) is 1. The number of rotatable bonds is 5. The van der Waals surface area contributed by atoms with Crippen LogP contribution in [0.15, 0.2) is 12.1 Å². The van der Waals surface area contributed by atoms with Gasteiger partial charge in [-0.1, -0.05) is 11.6 Å². The normalized spacial score (nSPS) is 11.9. The Labute approximate surface area is 129 Å². The summed E-state index contributed by atoms with van der Waals surface area (Å²) in [4.78, 5) is 11.5. The van der Waals surface area contributed by atoms with Crippen molar-refractivity contribution in [3.05, 3.63) is 22.7 Å². The smallest absolute Gasteiger partial charge is 0.465 e. The Morgan fingerprint density at radius 2 is 1.95 bits per heavy atom. The molecule has 6 nitrogen and oxygen atoms in total. The minimum Gasteiger partial charge on any atom is -0.465 e. The lowest BCUT2D eigenvalue weighted by atomic mass is 10.2. The van der Waals surface area contributed by atoms with E-state index in [4.69, 9.17) is 11.6 Å². The number of nitrogens with one attached hydrogen (secondary N) is 1. The Morgan fingerprint density at radius 3 is 2.41 bits per heavy atom. The van der Waals surface area contributed by atoms with Crippen molar-refractivity contribution >= 4 is 33.4 Å². The van der Waals surface area contributed by atoms with Crippen LogP contribution in [-0.2, 0) is 14.9 Å². The van der Waals surface area contributed by atoms with E-state index in [0.29, 0.717) is 6.54 Å². The fourth-order valence-corrected chi connectivity index (χ4v) is 2.08. The molecule has 1 N–H and O–H groups in total. The topological polar surface area (TPSA) is 81.7 Å². The summed E-state index contributed by atoms with van der Waals surface area (Å²) in [7, 11) is -4.97. The predicted molar refractivity (Wildman–Crippen MR) is 72.6 cm³/mol. The largest absolute Gasteiger partial charge is 0.534 e. The standard InChI is InChI=1S/C11H11ClF3NO5S/c1-3-16-8-5-9(21-22(18,19)11(13,14)15)6(4-7(8)12)10(17)20-2/h4-5,16H,3H2,1-2H3. The third-order valence-corrected chi connectivity index (χ3v) is 3.60. The fourth-order valence-electron chi connectivity index (χ4n) is 1.38. The molecule has 0 atom stereocenters. The molecule has 0 aliphatic rings. The zero-order valence-electron chi connectivity index (χ0n) is 11.3. The summed E-state index contributed by atoms with van der Waals surface area (Å²) in [5, 5.41) is 2.67. The lowest BCUT2D eigenvalue weighted by Gasteiger charge is -2.15. The molecule has 124 valence electrons. The van der Waals surface area contributed by atoms with Gasteiger partial charge in [0.05, 0.1) is 17.8 Å². The van der Waals surface area contributed by atoms with Crippen molar-refractivity contribution in [1.29, 1.82) is 0 Å². The van der Waals surface area contributed by atoms with Crippen LogP contribution in [0.5, 0.6) is 5.75 Å². The summed E-state index contributed by atoms with van der Waals surface area (Å²) in [6, 6.07) is 1.83. The molecule has 1 aromatic carbocycles. The van der Waals surface area contributed by atoms with Gasteiger partial charge in [-0.05, 0) is 13.0 Å². The van der Waals surface area contributed by atoms with E-state index < -0.39 is 32.9 Å². The highest BCUT2D eigenvalue weighted by atomic mass is 35.5. The number of methoxy groups -OCH3 is 1. The first-order valence-electron chi connectivity index (χ1n) is 5.70. The molecule has 0 radical (unpaired) electrons. The van der Waals surface area contributed by atoms with Crippen molar-refractivity contribution in [3.8, 4) is 5.75 Å². The zero-order chi connectivity index (χ0) is 17.1. The van der Waals surface area contributed by atoms with Crippen LogP contribution < -0.4 is 9.50 Å². The average Bonchev–Trinajstić information content (AvgIpc) is 2.40. The second-order valence-electron chi connectivity index (χ2n) is 3.83. The van der Waals surface area contributed by atoms with Gasteiger partial charge in [0.25, 0.3) is 0 Å². The van der Waals surface area contributed by atoms with Gasteiger partial charge < -0.3 is 14.2 Å². The lowest BCUT2D eigenvalue weighted by molar-refractivity contribution is -0.0500. The predicted octanol–water partition coefficient (Wildman–Crippen LogP) is 2.79. The first-order chi connectivity index (χ1) is 10.0. The first kappa shape index (κ1) is 18.4. The molecule has 1 aromatic rings. The van der Waals surface area contributed by atoms with Crippen LogP contribution in [0.4, 0.5) is 18.9 Å². The molecule has 0 aliphatic carbocycles. The molecule has 0 fully saturated rings. The van der Waals surface area contributed by atoms with Crippen molar-refractivity contribution in [3.63, 3.8) is 0 Å². The third kappa shape index (κ3) is 3.95. The number of halogens is 4. The van der Waals surface area contributed by atoms with Gasteiger partial charge in [0.2, 0.25) is 0 Å². The molecular weight excluding hydrogens is 351 g/mol. The van der Waals surface area contributed by atoms with E-state index in [1.165, 1.54) is 0 Å². The van der Waals surface area contributed by atoms with E-state index in [9.17, 15) is 26.4 Å². The minimum atomic E-state index is -5.94. The van der Waals surface area contributed by atoms with Crippen LogP contribution in [0.3, 0.4) is 0 Å². The first-order valence-corrected chi connectivity index (χ1v) is 7.48. The number of carbonyl (C=O) groups excluding carboxylic acids is 1. The van der Waals surface area contributed by atoms with Crippen LogP contribution in [0.1, 0.15) is 17.3 Å². The van der Waals surface area contributed by atoms with Gasteiger partial charge in [-0.25, -0.2) is 4.79 Å². The number of carbonyl (C=O) groups is 1. The van der Waals surface area contributed by atoms with E-state index in [1.54, 1.807) is 6.92 Å². The lowest BCUT2D eigenvalue weighted by Crippen LogP contribution is -2.28. The van der Waals surface area contributed by atoms with Gasteiger partial charge in [-0.15, -0.1) is 0 Å². The van der Waals surface area contributed by atoms with Crippen LogP contribution in [0, 0.1) is 0 Å². The maximum Gasteiger partial charge on any atom is 0.534 e. The maximum absolute atomic E-state index is 12.4. The summed E-state index contributed by atoms with van der Waals surface area (Å²) in [5.41, 5.74) is -6.09. The Hall–Kier alpha value is -1.68. The zero-order valence-corrected chi connectivity index (χ0v) is 12.9. The molecule has 1 rings (SSSR count). The summed E-state index contributed by atoms with van der Waals surface area (Å²) >= 11 is 5.84. The van der Waals surface area contributed by atoms with Crippen molar-refractivity contribution in [1.82, 2.24) is 0 Å². The molecule has 22 heavy (non-hydrogen) atoms. The van der Waals surface area contributed by atoms with Gasteiger partial charge in [-0.2, -0.15) is 21.6 Å². The SMILES string of the molecule is CCNc1cc(OS(=O)(=O)C(F)(F)F)c(C(=O)OC)cc1Cl. The minimum absolute atomic E-state index is 0.0148. The van der Waals surface area contributed by atoms with Gasteiger partial charge in [0, 0.05) is 12.6 Å². The summed E-state index contributed by atoms with van der Waals surface area (Å²) in [5.74, 6) is -1.94. The molecule has 0 aliphatic heterocycles. The summed E-state index contributed by atoms with van der Waals surface area (Å²) < 4.78 is 67.7. The maximum atomic E-state index is 12.4. The molecule has 11 heteroatoms. The van der Waals surface area contributed by atoms with Crippen molar-refractivity contribution in [2.75, 3.05) is 19.0 Å². The highest BCUT2D eigenvalue weighted by molar-refractivity contribution is 7.88. The fraction of sp³-hybridized carbons (Fsp3) is 0.364. The summed E-state index contributed by atoms with van der Waals surface area (Å²) in [6.45, 7) is 2.03. The monoisotopic (exact) mass is 361 g/mol. The second-order valence-corrected chi connectivity index (χ2v) is 5.78. The Balaban J connectivity index is 3.43. The quantitative estimate of drug-likeness (QED) is 0.493. The van der Waals surface area contributed by atoms with E-state index >= 15 is 0 Å². The van der Waals surface area contributed by atoms with Gasteiger partial charge >= 0.3 is 21.6 Å². The van der Waals surface area contributed by atoms with Crippen molar-refractivity contribution < 1.29 is 35.3 Å². The number of hydrogen-bond acceptors (Lipinski definition) is 6. The highest BCUT2D eigenvalue weighted by Crippen LogP contribution is 2.35. The number of anilines is 1.